The van der Waals surface area contributed by atoms with Gasteiger partial charge < -0.3 is 19.5 Å². The zero-order valence-corrected chi connectivity index (χ0v) is 20.6. The van der Waals surface area contributed by atoms with Crippen molar-refractivity contribution in [2.75, 3.05) is 13.7 Å². The number of hydrogen-bond donors (Lipinski definition) is 1. The third-order valence-electron chi connectivity index (χ3n) is 8.27. The summed E-state index contributed by atoms with van der Waals surface area (Å²) in [6.07, 6.45) is 2.19. The number of carbonyl (C=O) groups excluding carboxylic acids is 1. The Bertz CT molecular complexity index is 1300. The van der Waals surface area contributed by atoms with Gasteiger partial charge in [-0.05, 0) is 47.6 Å². The van der Waals surface area contributed by atoms with Crippen molar-refractivity contribution < 1.29 is 28.2 Å². The van der Waals surface area contributed by atoms with E-state index >= 15 is 0 Å². The summed E-state index contributed by atoms with van der Waals surface area (Å²) in [5.41, 5.74) is 3.20. The maximum Gasteiger partial charge on any atom is 0.410 e. The first-order chi connectivity index (χ1) is 17.9. The molecule has 1 amide bonds. The van der Waals surface area contributed by atoms with Gasteiger partial charge in [-0.3, -0.25) is 0 Å². The van der Waals surface area contributed by atoms with Crippen LogP contribution in [0.25, 0.3) is 11.1 Å². The molecule has 192 valence electrons. The van der Waals surface area contributed by atoms with E-state index in [2.05, 4.69) is 24.3 Å². The highest BCUT2D eigenvalue weighted by Gasteiger charge is 2.50. The van der Waals surface area contributed by atoms with Gasteiger partial charge in [0, 0.05) is 42.5 Å². The second-order valence-corrected chi connectivity index (χ2v) is 10.4. The highest BCUT2D eigenvalue weighted by atomic mass is 19.1. The number of nitrogens with zero attached hydrogens (tertiary/aromatic N) is 1. The summed E-state index contributed by atoms with van der Waals surface area (Å²) in [7, 11) is 1.30. The second-order valence-electron chi connectivity index (χ2n) is 10.4. The van der Waals surface area contributed by atoms with Crippen molar-refractivity contribution in [1.82, 2.24) is 4.90 Å². The van der Waals surface area contributed by atoms with E-state index in [1.807, 2.05) is 24.3 Å². The Morgan fingerprint density at radius 3 is 2.19 bits per heavy atom. The molecule has 1 N–H and O–H groups in total. The molecular weight excluding hydrogens is 476 g/mol. The molecule has 7 heteroatoms. The number of piperidine rings is 2. The zero-order valence-electron chi connectivity index (χ0n) is 20.6. The molecule has 2 aliphatic heterocycles. The summed E-state index contributed by atoms with van der Waals surface area (Å²) >= 11 is 0. The number of carbonyl (C=O) groups is 1. The predicted molar refractivity (Wildman–Crippen MR) is 134 cm³/mol. The first-order valence-electron chi connectivity index (χ1n) is 12.8. The number of hydrogen-bond acceptors (Lipinski definition) is 4. The average Bonchev–Trinajstić information content (AvgIpc) is 3.20. The van der Waals surface area contributed by atoms with E-state index in [-0.39, 0.29) is 48.8 Å². The topological polar surface area (TPSA) is 59.0 Å². The van der Waals surface area contributed by atoms with E-state index in [4.69, 9.17) is 9.47 Å². The van der Waals surface area contributed by atoms with Crippen LogP contribution in [0.1, 0.15) is 54.7 Å². The number of ether oxygens (including phenoxy) is 2. The summed E-state index contributed by atoms with van der Waals surface area (Å²) < 4.78 is 39.7. The number of methoxy groups -OCH3 is 1. The highest BCUT2D eigenvalue weighted by molar-refractivity contribution is 5.79. The van der Waals surface area contributed by atoms with E-state index in [1.165, 1.54) is 7.11 Å². The summed E-state index contributed by atoms with van der Waals surface area (Å²) in [5, 5.41) is 11.6. The van der Waals surface area contributed by atoms with Crippen molar-refractivity contribution in [2.24, 2.45) is 0 Å². The van der Waals surface area contributed by atoms with Gasteiger partial charge in [0.25, 0.3) is 0 Å². The van der Waals surface area contributed by atoms with E-state index in [0.29, 0.717) is 12.8 Å². The maximum absolute atomic E-state index is 14.4. The van der Waals surface area contributed by atoms with E-state index in [1.54, 1.807) is 4.90 Å². The van der Waals surface area contributed by atoms with E-state index in [0.717, 1.165) is 40.8 Å². The van der Waals surface area contributed by atoms with Gasteiger partial charge in [-0.25, -0.2) is 13.6 Å². The van der Waals surface area contributed by atoms with Gasteiger partial charge in [0.15, 0.2) is 11.6 Å². The lowest BCUT2D eigenvalue weighted by atomic mass is 9.72. The second kappa shape index (κ2) is 9.14. The molecule has 1 aliphatic carbocycles. The third kappa shape index (κ3) is 3.96. The predicted octanol–water partition coefficient (Wildman–Crippen LogP) is 6.13. The van der Waals surface area contributed by atoms with Crippen molar-refractivity contribution in [3.63, 3.8) is 0 Å². The molecule has 3 aliphatic rings. The van der Waals surface area contributed by atoms with Crippen LogP contribution in [0.15, 0.2) is 60.7 Å². The molecule has 2 atom stereocenters. The standard InChI is InChI=1S/C30H29F2NO4/c1-36-28-26(13-18(31)14-27(28)32)30(35)15-19-7-6-8-20(16-30)33(19)29(34)37-17-25-23-11-4-2-9-21(23)22-10-3-5-12-24(22)25/h2-5,9-14,19-20,25,35H,6-8,15-17H2,1H3. The van der Waals surface area contributed by atoms with Crippen LogP contribution in [0.4, 0.5) is 13.6 Å². The molecule has 2 saturated heterocycles. The number of benzene rings is 3. The molecule has 5 nitrogen and oxygen atoms in total. The summed E-state index contributed by atoms with van der Waals surface area (Å²) in [6, 6.07) is 17.7. The average molecular weight is 506 g/mol. The number of aliphatic hydroxyl groups is 1. The van der Waals surface area contributed by atoms with Crippen LogP contribution in [0, 0.1) is 11.6 Å². The van der Waals surface area contributed by atoms with Crippen LogP contribution in [0.2, 0.25) is 0 Å². The first kappa shape index (κ1) is 23.9. The Hall–Kier alpha value is -3.45. The fourth-order valence-electron chi connectivity index (χ4n) is 6.73. The minimum atomic E-state index is -1.51. The van der Waals surface area contributed by atoms with Crippen LogP contribution in [-0.2, 0) is 10.3 Å². The maximum atomic E-state index is 14.4. The zero-order chi connectivity index (χ0) is 25.7. The number of halogens is 2. The number of amides is 1. The lowest BCUT2D eigenvalue weighted by molar-refractivity contribution is -0.0902. The van der Waals surface area contributed by atoms with Gasteiger partial charge in [0.05, 0.1) is 12.7 Å². The normalized spacial score (nSPS) is 24.4. The number of rotatable bonds is 4. The fraction of sp³-hybridized carbons (Fsp3) is 0.367. The molecule has 3 aromatic rings. The minimum absolute atomic E-state index is 0.0440. The SMILES string of the molecule is COc1c(F)cc(F)cc1C1(O)CC2CCCC(C1)N2C(=O)OCC1c2ccccc2-c2ccccc21. The Labute approximate surface area is 214 Å². The number of fused-ring (bicyclic) bond motifs is 5. The molecule has 0 saturated carbocycles. The Balaban J connectivity index is 1.23. The monoisotopic (exact) mass is 505 g/mol. The molecule has 2 bridgehead atoms. The lowest BCUT2D eigenvalue weighted by Crippen LogP contribution is -2.59. The molecule has 2 heterocycles. The van der Waals surface area contributed by atoms with Crippen LogP contribution >= 0.6 is 0 Å². The van der Waals surface area contributed by atoms with Crippen molar-refractivity contribution in [3.05, 3.63) is 89.0 Å². The van der Waals surface area contributed by atoms with E-state index < -0.39 is 23.3 Å². The molecule has 2 fully saturated rings. The highest BCUT2D eigenvalue weighted by Crippen LogP contribution is 2.48. The Morgan fingerprint density at radius 2 is 1.59 bits per heavy atom. The minimum Gasteiger partial charge on any atom is -0.493 e. The summed E-state index contributed by atoms with van der Waals surface area (Å²) in [5.74, 6) is -1.82. The van der Waals surface area contributed by atoms with E-state index in [9.17, 15) is 18.7 Å². The molecular formula is C30H29F2NO4. The molecule has 2 unspecified atom stereocenters. The summed E-state index contributed by atoms with van der Waals surface area (Å²) in [6.45, 7) is 0.218. The molecule has 0 radical (unpaired) electrons. The smallest absolute Gasteiger partial charge is 0.410 e. The summed E-state index contributed by atoms with van der Waals surface area (Å²) in [4.78, 5) is 15.2. The Kier molecular flexibility index (Phi) is 5.91. The quantitative estimate of drug-likeness (QED) is 0.464. The molecule has 3 aromatic carbocycles. The van der Waals surface area contributed by atoms with Gasteiger partial charge >= 0.3 is 6.09 Å². The van der Waals surface area contributed by atoms with Gasteiger partial charge in [-0.15, -0.1) is 0 Å². The van der Waals surface area contributed by atoms with Gasteiger partial charge in [-0.1, -0.05) is 48.5 Å². The third-order valence-corrected chi connectivity index (χ3v) is 8.27. The van der Waals surface area contributed by atoms with Crippen molar-refractivity contribution in [2.45, 2.75) is 55.7 Å². The van der Waals surface area contributed by atoms with Crippen molar-refractivity contribution >= 4 is 6.09 Å². The van der Waals surface area contributed by atoms with Crippen molar-refractivity contribution in [1.29, 1.82) is 0 Å². The first-order valence-corrected chi connectivity index (χ1v) is 12.8. The molecule has 0 aromatic heterocycles. The molecule has 37 heavy (non-hydrogen) atoms. The molecule has 6 rings (SSSR count). The lowest BCUT2D eigenvalue weighted by Gasteiger charge is -2.51. The van der Waals surface area contributed by atoms with Gasteiger partial charge in [0.1, 0.15) is 12.4 Å². The van der Waals surface area contributed by atoms with Gasteiger partial charge in [-0.2, -0.15) is 0 Å². The largest absolute Gasteiger partial charge is 0.493 e. The van der Waals surface area contributed by atoms with Gasteiger partial charge in [0.2, 0.25) is 0 Å². The van der Waals surface area contributed by atoms with Crippen LogP contribution in [0.5, 0.6) is 5.75 Å². The van der Waals surface area contributed by atoms with Crippen LogP contribution in [0.3, 0.4) is 0 Å². The Morgan fingerprint density at radius 1 is 1.00 bits per heavy atom. The van der Waals surface area contributed by atoms with Crippen molar-refractivity contribution in [3.8, 4) is 16.9 Å². The van der Waals surface area contributed by atoms with Crippen LogP contribution < -0.4 is 4.74 Å². The molecule has 0 spiro atoms. The van der Waals surface area contributed by atoms with Crippen LogP contribution in [-0.4, -0.2) is 41.9 Å². The fourth-order valence-corrected chi connectivity index (χ4v) is 6.73.